The standard InChI is InChI=1S/C14H17F3N2OS/c1-19(6-12-18-11(7-21-12)14(15,16)17)13(20)10-5-8-2-3-9(10)4-8/h7-10H,2-6H2,1H3/t8-,9-,10+/m0/s1. The summed E-state index contributed by atoms with van der Waals surface area (Å²) in [6.07, 6.45) is 0.00510. The van der Waals surface area contributed by atoms with Gasteiger partial charge in [0.1, 0.15) is 5.01 Å². The Kier molecular flexibility index (Phi) is 3.71. The third-order valence-corrected chi connectivity index (χ3v) is 5.48. The molecule has 0 spiro atoms. The maximum atomic E-state index is 12.5. The predicted octanol–water partition coefficient (Wildman–Crippen LogP) is 3.56. The number of hydrogen-bond acceptors (Lipinski definition) is 3. The zero-order chi connectivity index (χ0) is 15.2. The van der Waals surface area contributed by atoms with Crippen molar-refractivity contribution in [3.8, 4) is 0 Å². The summed E-state index contributed by atoms with van der Waals surface area (Å²) in [7, 11) is 1.66. The van der Waals surface area contributed by atoms with E-state index in [4.69, 9.17) is 0 Å². The van der Waals surface area contributed by atoms with E-state index in [1.54, 1.807) is 7.05 Å². The average Bonchev–Trinajstić information content (AvgIpc) is 3.12. The molecule has 1 aromatic heterocycles. The first-order valence-electron chi connectivity index (χ1n) is 7.11. The van der Waals surface area contributed by atoms with Gasteiger partial charge in [0.25, 0.3) is 0 Å². The molecule has 0 unspecified atom stereocenters. The molecule has 3 atom stereocenters. The van der Waals surface area contributed by atoms with Gasteiger partial charge in [-0.2, -0.15) is 13.2 Å². The van der Waals surface area contributed by atoms with E-state index in [2.05, 4.69) is 4.98 Å². The first-order chi connectivity index (χ1) is 9.84. The van der Waals surface area contributed by atoms with Crippen LogP contribution >= 0.6 is 11.3 Å². The molecule has 2 bridgehead atoms. The Labute approximate surface area is 125 Å². The van der Waals surface area contributed by atoms with Gasteiger partial charge in [0, 0.05) is 18.3 Å². The van der Waals surface area contributed by atoms with Gasteiger partial charge in [0.05, 0.1) is 6.54 Å². The first kappa shape index (κ1) is 14.8. The molecule has 0 N–H and O–H groups in total. The fourth-order valence-electron chi connectivity index (χ4n) is 3.62. The first-order valence-corrected chi connectivity index (χ1v) is 7.99. The van der Waals surface area contributed by atoms with Gasteiger partial charge in [0.2, 0.25) is 5.91 Å². The Hall–Kier alpha value is -1.11. The van der Waals surface area contributed by atoms with Crippen molar-refractivity contribution in [3.63, 3.8) is 0 Å². The zero-order valence-electron chi connectivity index (χ0n) is 11.7. The summed E-state index contributed by atoms with van der Waals surface area (Å²) < 4.78 is 37.5. The summed E-state index contributed by atoms with van der Waals surface area (Å²) in [6.45, 7) is 0.160. The zero-order valence-corrected chi connectivity index (χ0v) is 12.5. The Morgan fingerprint density at radius 3 is 2.71 bits per heavy atom. The number of carbonyl (C=O) groups is 1. The van der Waals surface area contributed by atoms with Crippen LogP contribution in [0.4, 0.5) is 13.2 Å². The fraction of sp³-hybridized carbons (Fsp3) is 0.714. The molecule has 0 aromatic carbocycles. The number of rotatable bonds is 3. The second-order valence-electron chi connectivity index (χ2n) is 6.10. The largest absolute Gasteiger partial charge is 0.434 e. The quantitative estimate of drug-likeness (QED) is 0.854. The highest BCUT2D eigenvalue weighted by molar-refractivity contribution is 7.09. The van der Waals surface area contributed by atoms with Crippen molar-refractivity contribution in [1.29, 1.82) is 0 Å². The van der Waals surface area contributed by atoms with Crippen LogP contribution in [0, 0.1) is 17.8 Å². The summed E-state index contributed by atoms with van der Waals surface area (Å²) in [5.74, 6) is 1.28. The molecule has 3 nitrogen and oxygen atoms in total. The summed E-state index contributed by atoms with van der Waals surface area (Å²) in [4.78, 5) is 17.5. The molecule has 2 aliphatic carbocycles. The topological polar surface area (TPSA) is 33.2 Å². The Balaban J connectivity index is 1.62. The van der Waals surface area contributed by atoms with Crippen molar-refractivity contribution in [2.75, 3.05) is 7.05 Å². The summed E-state index contributed by atoms with van der Waals surface area (Å²) in [6, 6.07) is 0. The molecule has 1 amide bonds. The van der Waals surface area contributed by atoms with Crippen LogP contribution in [-0.2, 0) is 17.5 Å². The smallest absolute Gasteiger partial charge is 0.339 e. The number of halogens is 3. The van der Waals surface area contributed by atoms with Crippen molar-refractivity contribution in [1.82, 2.24) is 9.88 Å². The monoisotopic (exact) mass is 318 g/mol. The molecule has 1 aromatic rings. The van der Waals surface area contributed by atoms with Crippen LogP contribution < -0.4 is 0 Å². The minimum Gasteiger partial charge on any atom is -0.339 e. The Morgan fingerprint density at radius 2 is 2.19 bits per heavy atom. The van der Waals surface area contributed by atoms with Crippen LogP contribution in [0.25, 0.3) is 0 Å². The van der Waals surface area contributed by atoms with E-state index >= 15 is 0 Å². The van der Waals surface area contributed by atoms with E-state index in [-0.39, 0.29) is 18.4 Å². The number of amides is 1. The van der Waals surface area contributed by atoms with E-state index < -0.39 is 11.9 Å². The van der Waals surface area contributed by atoms with E-state index in [1.165, 1.54) is 11.3 Å². The molecular formula is C14H17F3N2OS. The number of nitrogens with zero attached hydrogens (tertiary/aromatic N) is 2. The molecule has 0 saturated heterocycles. The highest BCUT2D eigenvalue weighted by Gasteiger charge is 2.44. The van der Waals surface area contributed by atoms with Crippen molar-refractivity contribution in [2.24, 2.45) is 17.8 Å². The van der Waals surface area contributed by atoms with Crippen LogP contribution in [0.5, 0.6) is 0 Å². The van der Waals surface area contributed by atoms with E-state index in [0.717, 1.165) is 36.0 Å². The molecule has 0 radical (unpaired) electrons. The molecule has 0 aliphatic heterocycles. The van der Waals surface area contributed by atoms with Crippen LogP contribution in [0.2, 0.25) is 0 Å². The Morgan fingerprint density at radius 1 is 1.43 bits per heavy atom. The van der Waals surface area contributed by atoms with Crippen molar-refractivity contribution in [2.45, 2.75) is 38.4 Å². The van der Waals surface area contributed by atoms with Crippen LogP contribution in [-0.4, -0.2) is 22.8 Å². The Bertz CT molecular complexity index is 543. The van der Waals surface area contributed by atoms with Crippen LogP contribution in [0.15, 0.2) is 5.38 Å². The lowest BCUT2D eigenvalue weighted by atomic mass is 9.88. The normalized spacial score (nSPS) is 28.1. The van der Waals surface area contributed by atoms with Gasteiger partial charge in [-0.05, 0) is 31.1 Å². The minimum absolute atomic E-state index is 0.0611. The third-order valence-electron chi connectivity index (χ3n) is 4.65. The van der Waals surface area contributed by atoms with Gasteiger partial charge in [0.15, 0.2) is 5.69 Å². The van der Waals surface area contributed by atoms with Gasteiger partial charge in [-0.1, -0.05) is 6.42 Å². The predicted molar refractivity (Wildman–Crippen MR) is 72.5 cm³/mol. The number of alkyl halides is 3. The molecule has 21 heavy (non-hydrogen) atoms. The SMILES string of the molecule is CN(Cc1nc(C(F)(F)F)cs1)C(=O)[C@@H]1C[C@H]2CC[C@H]1C2. The van der Waals surface area contributed by atoms with E-state index in [0.29, 0.717) is 16.8 Å². The van der Waals surface area contributed by atoms with Gasteiger partial charge in [-0.3, -0.25) is 4.79 Å². The van der Waals surface area contributed by atoms with Crippen molar-refractivity contribution < 1.29 is 18.0 Å². The number of fused-ring (bicyclic) bond motifs is 2. The molecule has 116 valence electrons. The lowest BCUT2D eigenvalue weighted by molar-refractivity contribution is -0.140. The minimum atomic E-state index is -4.41. The molecular weight excluding hydrogens is 301 g/mol. The van der Waals surface area contributed by atoms with Gasteiger partial charge < -0.3 is 4.90 Å². The third kappa shape index (κ3) is 2.93. The molecule has 7 heteroatoms. The summed E-state index contributed by atoms with van der Waals surface area (Å²) in [5.41, 5.74) is -0.872. The highest BCUT2D eigenvalue weighted by Crippen LogP contribution is 2.48. The number of hydrogen-bond donors (Lipinski definition) is 0. The van der Waals surface area contributed by atoms with Gasteiger partial charge in [-0.25, -0.2) is 4.98 Å². The van der Waals surface area contributed by atoms with E-state index in [1.807, 2.05) is 0 Å². The second kappa shape index (κ2) is 5.26. The molecule has 2 saturated carbocycles. The average molecular weight is 318 g/mol. The fourth-order valence-corrected chi connectivity index (χ4v) is 4.48. The molecule has 3 rings (SSSR count). The molecule has 2 aliphatic rings. The second-order valence-corrected chi connectivity index (χ2v) is 7.04. The van der Waals surface area contributed by atoms with Crippen LogP contribution in [0.3, 0.4) is 0 Å². The lowest BCUT2D eigenvalue weighted by Crippen LogP contribution is -2.35. The van der Waals surface area contributed by atoms with Gasteiger partial charge in [-0.15, -0.1) is 11.3 Å². The maximum absolute atomic E-state index is 12.5. The number of thiazole rings is 1. The molecule has 1 heterocycles. The maximum Gasteiger partial charge on any atom is 0.434 e. The van der Waals surface area contributed by atoms with Gasteiger partial charge >= 0.3 is 6.18 Å². The van der Waals surface area contributed by atoms with Crippen molar-refractivity contribution >= 4 is 17.2 Å². The molecule has 2 fully saturated rings. The summed E-state index contributed by atoms with van der Waals surface area (Å²) in [5, 5.41) is 1.34. The number of aromatic nitrogens is 1. The van der Waals surface area contributed by atoms with Crippen LogP contribution in [0.1, 0.15) is 36.4 Å². The highest BCUT2D eigenvalue weighted by atomic mass is 32.1. The number of carbonyl (C=O) groups excluding carboxylic acids is 1. The van der Waals surface area contributed by atoms with E-state index in [9.17, 15) is 18.0 Å². The van der Waals surface area contributed by atoms with Crippen molar-refractivity contribution in [3.05, 3.63) is 16.1 Å². The lowest BCUT2D eigenvalue weighted by Gasteiger charge is -2.26. The summed E-state index contributed by atoms with van der Waals surface area (Å²) >= 11 is 0.955.